The highest BCUT2D eigenvalue weighted by Gasteiger charge is 2.33. The predicted molar refractivity (Wildman–Crippen MR) is 65.1 cm³/mol. The smallest absolute Gasteiger partial charge is 0.296 e. The number of benzene rings is 1. The van der Waals surface area contributed by atoms with Gasteiger partial charge in [0.25, 0.3) is 0 Å². The molecule has 0 unspecified atom stereocenters. The van der Waals surface area contributed by atoms with Gasteiger partial charge in [0.2, 0.25) is 0 Å². The van der Waals surface area contributed by atoms with E-state index in [-0.39, 0.29) is 21.8 Å². The Morgan fingerprint density at radius 2 is 1.89 bits per heavy atom. The molecule has 0 aliphatic rings. The first-order valence-corrected chi connectivity index (χ1v) is 5.58. The van der Waals surface area contributed by atoms with Gasteiger partial charge in [-0.1, -0.05) is 29.8 Å². The molecule has 2 aromatic rings. The molecular formula is C13H7ClF3NO. The van der Waals surface area contributed by atoms with Crippen LogP contribution in [0.4, 0.5) is 13.2 Å². The summed E-state index contributed by atoms with van der Waals surface area (Å²) in [6.07, 6.45) is -2.83. The van der Waals surface area contributed by atoms with E-state index in [2.05, 4.69) is 4.98 Å². The molecule has 0 N–H and O–H groups in total. The number of nitrogens with zero attached hydrogens (tertiary/aromatic N) is 1. The fraction of sp³-hybridized carbons (Fsp3) is 0.0769. The molecule has 2 nitrogen and oxygen atoms in total. The molecule has 0 amide bonds. The fourth-order valence-electron chi connectivity index (χ4n) is 1.66. The van der Waals surface area contributed by atoms with E-state index in [9.17, 15) is 18.0 Å². The van der Waals surface area contributed by atoms with Gasteiger partial charge in [0.1, 0.15) is 5.69 Å². The Labute approximate surface area is 111 Å². The van der Waals surface area contributed by atoms with Crippen molar-refractivity contribution in [1.29, 1.82) is 0 Å². The Bertz CT molecular complexity index is 626. The van der Waals surface area contributed by atoms with Crippen LogP contribution in [0.2, 0.25) is 5.02 Å². The highest BCUT2D eigenvalue weighted by molar-refractivity contribution is 6.32. The number of alkyl halides is 3. The van der Waals surface area contributed by atoms with Crippen LogP contribution in [0.15, 0.2) is 36.5 Å². The van der Waals surface area contributed by atoms with Gasteiger partial charge in [0.15, 0.2) is 6.29 Å². The molecule has 0 bridgehead atoms. The average molecular weight is 286 g/mol. The van der Waals surface area contributed by atoms with Crippen molar-refractivity contribution in [3.8, 4) is 11.1 Å². The van der Waals surface area contributed by atoms with Crippen LogP contribution in [0.25, 0.3) is 11.1 Å². The number of aldehydes is 1. The third-order valence-electron chi connectivity index (χ3n) is 2.52. The molecule has 0 saturated carbocycles. The third-order valence-corrected chi connectivity index (χ3v) is 2.83. The van der Waals surface area contributed by atoms with E-state index in [0.717, 1.165) is 6.07 Å². The molecule has 0 atom stereocenters. The van der Waals surface area contributed by atoms with Gasteiger partial charge in [0.05, 0.1) is 10.6 Å². The van der Waals surface area contributed by atoms with Gasteiger partial charge in [-0.05, 0) is 17.7 Å². The van der Waals surface area contributed by atoms with Crippen LogP contribution in [0.1, 0.15) is 16.1 Å². The van der Waals surface area contributed by atoms with Crippen molar-refractivity contribution < 1.29 is 18.0 Å². The highest BCUT2D eigenvalue weighted by Crippen LogP contribution is 2.37. The van der Waals surface area contributed by atoms with Crippen molar-refractivity contribution in [3.05, 3.63) is 52.8 Å². The highest BCUT2D eigenvalue weighted by atomic mass is 35.5. The Morgan fingerprint density at radius 3 is 2.47 bits per heavy atom. The Kier molecular flexibility index (Phi) is 3.57. The topological polar surface area (TPSA) is 30.0 Å². The summed E-state index contributed by atoms with van der Waals surface area (Å²) >= 11 is 5.77. The molecule has 0 aliphatic heterocycles. The van der Waals surface area contributed by atoms with E-state index in [4.69, 9.17) is 11.6 Å². The number of rotatable bonds is 2. The van der Waals surface area contributed by atoms with Crippen LogP contribution in [-0.4, -0.2) is 11.3 Å². The van der Waals surface area contributed by atoms with Gasteiger partial charge in [-0.15, -0.1) is 0 Å². The van der Waals surface area contributed by atoms with Crippen LogP contribution in [0.3, 0.4) is 0 Å². The lowest BCUT2D eigenvalue weighted by atomic mass is 10.0. The first kappa shape index (κ1) is 13.5. The van der Waals surface area contributed by atoms with E-state index < -0.39 is 11.7 Å². The van der Waals surface area contributed by atoms with Crippen LogP contribution in [0, 0.1) is 0 Å². The molecular weight excluding hydrogens is 279 g/mol. The van der Waals surface area contributed by atoms with Crippen molar-refractivity contribution in [2.75, 3.05) is 0 Å². The van der Waals surface area contributed by atoms with Crippen LogP contribution >= 0.6 is 11.6 Å². The molecule has 0 fully saturated rings. The molecule has 2 rings (SSSR count). The summed E-state index contributed by atoms with van der Waals surface area (Å²) in [5.41, 5.74) is -0.591. The second-order valence-electron chi connectivity index (χ2n) is 3.75. The number of hydrogen-bond acceptors (Lipinski definition) is 2. The molecule has 1 aromatic carbocycles. The second-order valence-corrected chi connectivity index (χ2v) is 4.16. The van der Waals surface area contributed by atoms with Crippen molar-refractivity contribution in [2.45, 2.75) is 6.18 Å². The van der Waals surface area contributed by atoms with Gasteiger partial charge in [-0.25, -0.2) is 0 Å². The molecule has 0 spiro atoms. The van der Waals surface area contributed by atoms with Crippen LogP contribution < -0.4 is 0 Å². The maximum absolute atomic E-state index is 12.9. The number of pyridine rings is 1. The van der Waals surface area contributed by atoms with Crippen molar-refractivity contribution in [1.82, 2.24) is 4.98 Å². The van der Waals surface area contributed by atoms with E-state index in [1.54, 1.807) is 0 Å². The van der Waals surface area contributed by atoms with Crippen LogP contribution in [0.5, 0.6) is 0 Å². The first-order valence-electron chi connectivity index (χ1n) is 5.21. The van der Waals surface area contributed by atoms with Gasteiger partial charge in [-0.2, -0.15) is 13.2 Å². The SMILES string of the molecule is O=Cc1ncc(-c2ccccc2C(F)(F)F)cc1Cl. The molecule has 0 aliphatic carbocycles. The number of carbonyl (C=O) groups excluding carboxylic acids is 1. The summed E-state index contributed by atoms with van der Waals surface area (Å²) in [7, 11) is 0. The standard InChI is InChI=1S/C13H7ClF3NO/c14-11-5-8(6-18-12(11)7-19)9-3-1-2-4-10(9)13(15,16)17/h1-7H. The average Bonchev–Trinajstić information content (AvgIpc) is 2.37. The summed E-state index contributed by atoms with van der Waals surface area (Å²) in [5, 5.41) is 0.0180. The van der Waals surface area contributed by atoms with Crippen molar-refractivity contribution in [2.24, 2.45) is 0 Å². The normalized spacial score (nSPS) is 11.4. The van der Waals surface area contributed by atoms with E-state index in [1.807, 2.05) is 0 Å². The molecule has 1 aromatic heterocycles. The maximum Gasteiger partial charge on any atom is 0.417 e. The molecule has 19 heavy (non-hydrogen) atoms. The van der Waals surface area contributed by atoms with Crippen molar-refractivity contribution in [3.63, 3.8) is 0 Å². The van der Waals surface area contributed by atoms with Gasteiger partial charge >= 0.3 is 6.18 Å². The minimum absolute atomic E-state index is 0.00472. The summed E-state index contributed by atoms with van der Waals surface area (Å²) in [4.78, 5) is 14.3. The fourth-order valence-corrected chi connectivity index (χ4v) is 1.88. The minimum Gasteiger partial charge on any atom is -0.296 e. The Morgan fingerprint density at radius 1 is 1.21 bits per heavy atom. The van der Waals surface area contributed by atoms with E-state index in [1.165, 1.54) is 30.5 Å². The zero-order valence-corrected chi connectivity index (χ0v) is 10.2. The number of aromatic nitrogens is 1. The summed E-state index contributed by atoms with van der Waals surface area (Å²) in [6.45, 7) is 0. The zero-order valence-electron chi connectivity index (χ0n) is 9.41. The predicted octanol–water partition coefficient (Wildman–Crippen LogP) is 4.23. The molecule has 0 saturated heterocycles. The number of halogens is 4. The first-order chi connectivity index (χ1) is 8.93. The summed E-state index contributed by atoms with van der Waals surface area (Å²) in [6, 6.07) is 6.41. The van der Waals surface area contributed by atoms with Crippen LogP contribution in [-0.2, 0) is 6.18 Å². The van der Waals surface area contributed by atoms with E-state index in [0.29, 0.717) is 6.29 Å². The molecule has 0 radical (unpaired) electrons. The lowest BCUT2D eigenvalue weighted by molar-refractivity contribution is -0.137. The van der Waals surface area contributed by atoms with Gasteiger partial charge in [0, 0.05) is 11.8 Å². The molecule has 1 heterocycles. The lowest BCUT2D eigenvalue weighted by Crippen LogP contribution is -2.07. The number of hydrogen-bond donors (Lipinski definition) is 0. The monoisotopic (exact) mass is 285 g/mol. The summed E-state index contributed by atoms with van der Waals surface area (Å²) in [5.74, 6) is 0. The number of carbonyl (C=O) groups is 1. The van der Waals surface area contributed by atoms with E-state index >= 15 is 0 Å². The maximum atomic E-state index is 12.9. The summed E-state index contributed by atoms with van der Waals surface area (Å²) < 4.78 is 38.6. The van der Waals surface area contributed by atoms with Gasteiger partial charge < -0.3 is 0 Å². The third kappa shape index (κ3) is 2.76. The second kappa shape index (κ2) is 5.01. The largest absolute Gasteiger partial charge is 0.417 e. The molecule has 98 valence electrons. The lowest BCUT2D eigenvalue weighted by Gasteiger charge is -2.12. The Hall–Kier alpha value is -1.88. The van der Waals surface area contributed by atoms with Crippen molar-refractivity contribution >= 4 is 17.9 Å². The van der Waals surface area contributed by atoms with Gasteiger partial charge in [-0.3, -0.25) is 9.78 Å². The molecule has 6 heteroatoms. The minimum atomic E-state index is -4.47. The quantitative estimate of drug-likeness (QED) is 0.773. The zero-order chi connectivity index (χ0) is 14.0. The Balaban J connectivity index is 2.60.